The fourth-order valence-electron chi connectivity index (χ4n) is 2.55. The Bertz CT molecular complexity index is 917. The molecule has 110 valence electrons. The first-order valence-electron chi connectivity index (χ1n) is 11.1. The van der Waals surface area contributed by atoms with E-state index in [-0.39, 0.29) is 12.0 Å². The Balaban J connectivity index is 2.12. The predicted octanol–water partition coefficient (Wildman–Crippen LogP) is 4.29. The summed E-state index contributed by atoms with van der Waals surface area (Å²) in [5.74, 6) is -0.557. The van der Waals surface area contributed by atoms with Crippen LogP contribution in [0.1, 0.15) is 53.8 Å². The molecule has 1 aliphatic heterocycles. The van der Waals surface area contributed by atoms with E-state index in [0.717, 1.165) is 10.8 Å². The number of benzene rings is 2. The van der Waals surface area contributed by atoms with Crippen molar-refractivity contribution < 1.29 is 15.8 Å². The molecule has 1 saturated heterocycles. The quantitative estimate of drug-likeness (QED) is 0.765. The molecule has 2 nitrogen and oxygen atoms in total. The summed E-state index contributed by atoms with van der Waals surface area (Å²) < 4.78 is 64.9. The topological polar surface area (TPSA) is 20.3 Å². The summed E-state index contributed by atoms with van der Waals surface area (Å²) in [6.45, 7) is -4.29. The van der Waals surface area contributed by atoms with Gasteiger partial charge >= 0.3 is 0 Å². The minimum absolute atomic E-state index is 0.0663. The predicted molar refractivity (Wildman–Crippen MR) is 87.8 cm³/mol. The number of fused-ring (bicyclic) bond motifs is 1. The number of hydrogen-bond donors (Lipinski definition) is 0. The average Bonchev–Trinajstić information content (AvgIpc) is 2.72. The van der Waals surface area contributed by atoms with Gasteiger partial charge in [0.2, 0.25) is 0 Å². The summed E-state index contributed by atoms with van der Waals surface area (Å²) in [5.41, 5.74) is 0.252. The molecule has 1 unspecified atom stereocenters. The smallest absolute Gasteiger partial charge is 0.179 e. The van der Waals surface area contributed by atoms with Crippen molar-refractivity contribution >= 4 is 16.6 Å². The van der Waals surface area contributed by atoms with Gasteiger partial charge in [0, 0.05) is 16.5 Å². The summed E-state index contributed by atoms with van der Waals surface area (Å²) in [5, 5.41) is 1.71. The number of rotatable bonds is 5. The van der Waals surface area contributed by atoms with Crippen LogP contribution in [0.25, 0.3) is 10.8 Å². The van der Waals surface area contributed by atoms with E-state index in [1.165, 1.54) is 0 Å². The van der Waals surface area contributed by atoms with E-state index in [9.17, 15) is 4.79 Å². The van der Waals surface area contributed by atoms with Gasteiger partial charge < -0.3 is 0 Å². The highest BCUT2D eigenvalue weighted by Crippen LogP contribution is 2.22. The summed E-state index contributed by atoms with van der Waals surface area (Å²) in [4.78, 5) is 13.8. The number of likely N-dealkylation sites (tertiary alicyclic amines) is 1. The van der Waals surface area contributed by atoms with Gasteiger partial charge in [-0.15, -0.1) is 0 Å². The second kappa shape index (κ2) is 6.40. The van der Waals surface area contributed by atoms with E-state index >= 15 is 0 Å². The van der Waals surface area contributed by atoms with Crippen LogP contribution in [0.2, 0.25) is 0 Å². The Morgan fingerprint density at radius 3 is 2.62 bits per heavy atom. The molecular formula is C19H23NO. The summed E-state index contributed by atoms with van der Waals surface area (Å²) in [6.07, 6.45) is -5.83. The number of Topliss-reactive ketones (excluding diaryl/α,β-unsaturated/α-hetero) is 1. The molecule has 0 radical (unpaired) electrons. The monoisotopic (exact) mass is 289 g/mol. The number of carbonyl (C=O) groups is 1. The molecule has 0 bridgehead atoms. The van der Waals surface area contributed by atoms with E-state index in [1.54, 1.807) is 25.1 Å². The molecule has 1 aliphatic rings. The first-order chi connectivity index (χ1) is 13.3. The highest BCUT2D eigenvalue weighted by atomic mass is 16.1. The molecule has 1 heterocycles. The zero-order chi connectivity index (χ0) is 21.8. The molecule has 0 aliphatic carbocycles. The molecule has 2 aromatic carbocycles. The van der Waals surface area contributed by atoms with Crippen molar-refractivity contribution in [2.24, 2.45) is 0 Å². The Kier molecular flexibility index (Phi) is 2.30. The van der Waals surface area contributed by atoms with Gasteiger partial charge in [0.15, 0.2) is 5.78 Å². The first-order valence-corrected chi connectivity index (χ1v) is 7.13. The fourth-order valence-corrected chi connectivity index (χ4v) is 2.55. The van der Waals surface area contributed by atoms with Crippen molar-refractivity contribution in [1.82, 2.24) is 4.90 Å². The third kappa shape index (κ3) is 3.01. The summed E-state index contributed by atoms with van der Waals surface area (Å²) in [7, 11) is 0. The third-order valence-corrected chi connectivity index (χ3v) is 3.63. The van der Waals surface area contributed by atoms with E-state index in [1.807, 2.05) is 24.3 Å². The maximum Gasteiger partial charge on any atom is 0.179 e. The molecule has 21 heavy (non-hydrogen) atoms. The van der Waals surface area contributed by atoms with Gasteiger partial charge in [0.05, 0.1) is 6.04 Å². The molecule has 0 spiro atoms. The van der Waals surface area contributed by atoms with Crippen molar-refractivity contribution in [3.8, 4) is 0 Å². The van der Waals surface area contributed by atoms with Crippen LogP contribution in [0.5, 0.6) is 0 Å². The molecule has 0 aromatic heterocycles. The van der Waals surface area contributed by atoms with Crippen LogP contribution in [0.4, 0.5) is 0 Å². The van der Waals surface area contributed by atoms with Crippen LogP contribution in [0.15, 0.2) is 42.5 Å². The van der Waals surface area contributed by atoms with Gasteiger partial charge in [-0.1, -0.05) is 49.7 Å². The molecule has 1 atom stereocenters. The van der Waals surface area contributed by atoms with Gasteiger partial charge in [-0.05, 0) is 49.0 Å². The average molecular weight is 289 g/mol. The molecule has 2 heteroatoms. The number of hydrogen-bond acceptors (Lipinski definition) is 2. The minimum atomic E-state index is -3.15. The lowest BCUT2D eigenvalue weighted by molar-refractivity contribution is 0.0837. The normalized spacial score (nSPS) is 32.4. The van der Waals surface area contributed by atoms with Crippen molar-refractivity contribution in [3.05, 3.63) is 48.0 Å². The van der Waals surface area contributed by atoms with Gasteiger partial charge in [-0.25, -0.2) is 0 Å². The fraction of sp³-hybridized carbons (Fsp3) is 0.421. The van der Waals surface area contributed by atoms with E-state index < -0.39 is 37.6 Å². The van der Waals surface area contributed by atoms with Crippen LogP contribution in [0.3, 0.4) is 0 Å². The summed E-state index contributed by atoms with van der Waals surface area (Å²) >= 11 is 0. The SMILES string of the molecule is [2H]C1([2H])N(C(CCC)C(=O)c2ccc3ccccc3c2)C([2H])([2H])C([2H])([2H])C1([2H])[2H]. The lowest BCUT2D eigenvalue weighted by Gasteiger charge is -2.26. The van der Waals surface area contributed by atoms with Crippen molar-refractivity contribution in [3.63, 3.8) is 0 Å². The Morgan fingerprint density at radius 2 is 1.90 bits per heavy atom. The van der Waals surface area contributed by atoms with Crippen LogP contribution in [-0.4, -0.2) is 29.7 Å². The van der Waals surface area contributed by atoms with Crippen LogP contribution >= 0.6 is 0 Å². The molecule has 1 fully saturated rings. The maximum absolute atomic E-state index is 13.3. The Morgan fingerprint density at radius 1 is 1.19 bits per heavy atom. The molecule has 0 amide bonds. The number of ketones is 1. The lowest BCUT2D eigenvalue weighted by Crippen LogP contribution is -2.39. The highest BCUT2D eigenvalue weighted by molar-refractivity contribution is 6.03. The highest BCUT2D eigenvalue weighted by Gasteiger charge is 2.28. The third-order valence-electron chi connectivity index (χ3n) is 3.63. The van der Waals surface area contributed by atoms with Crippen LogP contribution < -0.4 is 0 Å². The van der Waals surface area contributed by atoms with Gasteiger partial charge in [0.25, 0.3) is 0 Å². The maximum atomic E-state index is 13.3. The van der Waals surface area contributed by atoms with Crippen molar-refractivity contribution in [1.29, 1.82) is 0 Å². The number of nitrogens with zero attached hydrogens (tertiary/aromatic N) is 1. The zero-order valence-electron chi connectivity index (χ0n) is 19.9. The molecule has 3 rings (SSSR count). The van der Waals surface area contributed by atoms with E-state index in [4.69, 9.17) is 11.0 Å². The van der Waals surface area contributed by atoms with Gasteiger partial charge in [-0.3, -0.25) is 9.69 Å². The summed E-state index contributed by atoms with van der Waals surface area (Å²) in [6, 6.07) is 11.0. The number of carbonyl (C=O) groups excluding carboxylic acids is 1. The Hall–Kier alpha value is -1.67. The van der Waals surface area contributed by atoms with Crippen molar-refractivity contribution in [2.45, 2.75) is 38.6 Å². The van der Waals surface area contributed by atoms with Crippen LogP contribution in [0, 0.1) is 0 Å². The first kappa shape index (κ1) is 7.55. The standard InChI is InChI=1S/C19H23NO/c1-2-7-18(20-12-5-6-13-20)19(21)17-11-10-15-8-3-4-9-16(15)14-17/h3-4,8-11,14,18H,2,5-7,12-13H2,1H3/i5D2,6D2,12D2,13D2. The van der Waals surface area contributed by atoms with Gasteiger partial charge in [-0.2, -0.15) is 0 Å². The molecular weight excluding hydrogens is 258 g/mol. The largest absolute Gasteiger partial charge is 0.293 e. The second-order valence-corrected chi connectivity index (χ2v) is 5.07. The minimum Gasteiger partial charge on any atom is -0.293 e. The van der Waals surface area contributed by atoms with Crippen molar-refractivity contribution in [2.75, 3.05) is 13.0 Å². The van der Waals surface area contributed by atoms with Crippen LogP contribution in [-0.2, 0) is 0 Å². The Labute approximate surface area is 138 Å². The second-order valence-electron chi connectivity index (χ2n) is 5.07. The van der Waals surface area contributed by atoms with E-state index in [2.05, 4.69) is 0 Å². The lowest BCUT2D eigenvalue weighted by atomic mass is 9.97. The molecule has 0 N–H and O–H groups in total. The molecule has 2 aromatic rings. The zero-order valence-corrected chi connectivity index (χ0v) is 11.9. The van der Waals surface area contributed by atoms with E-state index in [0.29, 0.717) is 11.3 Å². The van der Waals surface area contributed by atoms with Gasteiger partial charge in [0.1, 0.15) is 0 Å². The molecule has 0 saturated carbocycles.